The molecule has 0 aromatic rings. The van der Waals surface area contributed by atoms with Gasteiger partial charge in [0.05, 0.1) is 6.54 Å². The van der Waals surface area contributed by atoms with E-state index in [9.17, 15) is 14.4 Å². The minimum atomic E-state index is -0.673. The van der Waals surface area contributed by atoms with Crippen molar-refractivity contribution in [3.05, 3.63) is 0 Å². The average molecular weight is 171 g/mol. The molecule has 1 rings (SSSR count). The largest absolute Gasteiger partial charge is 0.392 e. The first kappa shape index (κ1) is 8.86. The summed E-state index contributed by atoms with van der Waals surface area (Å²) in [5.41, 5.74) is 0. The lowest BCUT2D eigenvalue weighted by atomic mass is 10.2. The maximum absolute atomic E-state index is 10.9. The highest BCUT2D eigenvalue weighted by Crippen LogP contribution is 2.03. The van der Waals surface area contributed by atoms with E-state index in [2.05, 4.69) is 10.1 Å². The highest BCUT2D eigenvalue weighted by atomic mass is 16.6. The highest BCUT2D eigenvalue weighted by molar-refractivity contribution is 5.94. The van der Waals surface area contributed by atoms with Gasteiger partial charge >= 0.3 is 11.9 Å². The quantitative estimate of drug-likeness (QED) is 0.405. The summed E-state index contributed by atoms with van der Waals surface area (Å²) in [5.74, 6) is -1.37. The second-order valence-electron chi connectivity index (χ2n) is 2.59. The molecular formula is C7H9NO4. The Morgan fingerprint density at radius 3 is 2.67 bits per heavy atom. The smallest absolute Gasteiger partial charge is 0.331 e. The van der Waals surface area contributed by atoms with E-state index in [1.165, 1.54) is 0 Å². The lowest BCUT2D eigenvalue weighted by Crippen LogP contribution is -2.33. The van der Waals surface area contributed by atoms with E-state index >= 15 is 0 Å². The van der Waals surface area contributed by atoms with Crippen molar-refractivity contribution in [1.82, 2.24) is 5.32 Å². The van der Waals surface area contributed by atoms with Gasteiger partial charge in [-0.05, 0) is 0 Å². The number of Topliss-reactive ketones (excluding diaryl/α,β-unsaturated/α-hetero) is 1. The van der Waals surface area contributed by atoms with Crippen molar-refractivity contribution in [3.8, 4) is 0 Å². The van der Waals surface area contributed by atoms with Crippen molar-refractivity contribution in [3.63, 3.8) is 0 Å². The van der Waals surface area contributed by atoms with Crippen LogP contribution in [0.4, 0.5) is 0 Å². The van der Waals surface area contributed by atoms with E-state index in [-0.39, 0.29) is 18.7 Å². The van der Waals surface area contributed by atoms with E-state index in [0.29, 0.717) is 0 Å². The van der Waals surface area contributed by atoms with E-state index < -0.39 is 18.0 Å². The molecule has 1 saturated heterocycles. The fraction of sp³-hybridized carbons (Fsp3) is 0.571. The zero-order valence-corrected chi connectivity index (χ0v) is 6.62. The lowest BCUT2D eigenvalue weighted by molar-refractivity contribution is -0.159. The highest BCUT2D eigenvalue weighted by Gasteiger charge is 2.29. The van der Waals surface area contributed by atoms with Crippen LogP contribution in [-0.2, 0) is 19.1 Å². The van der Waals surface area contributed by atoms with Gasteiger partial charge in [0.15, 0.2) is 0 Å². The standard InChI is InChI=1S/C7H9NO4/c1-4(9)12-7(11)6-2-5(10)3-8-6/h6,8H,2-3H2,1H3/t6-/m0/s1. The maximum Gasteiger partial charge on any atom is 0.331 e. The molecular weight excluding hydrogens is 162 g/mol. The molecule has 0 saturated carbocycles. The summed E-state index contributed by atoms with van der Waals surface area (Å²) < 4.78 is 4.29. The molecule has 12 heavy (non-hydrogen) atoms. The fourth-order valence-corrected chi connectivity index (χ4v) is 0.988. The van der Waals surface area contributed by atoms with Crippen LogP contribution in [0.2, 0.25) is 0 Å². The summed E-state index contributed by atoms with van der Waals surface area (Å²) in [4.78, 5) is 32.0. The van der Waals surface area contributed by atoms with E-state index in [1.807, 2.05) is 0 Å². The van der Waals surface area contributed by atoms with Crippen LogP contribution >= 0.6 is 0 Å². The number of hydrogen-bond acceptors (Lipinski definition) is 5. The van der Waals surface area contributed by atoms with Crippen molar-refractivity contribution < 1.29 is 19.1 Å². The molecule has 0 bridgehead atoms. The molecule has 0 amide bonds. The van der Waals surface area contributed by atoms with Gasteiger partial charge in [-0.3, -0.25) is 14.9 Å². The van der Waals surface area contributed by atoms with Crippen LogP contribution < -0.4 is 5.32 Å². The predicted molar refractivity (Wildman–Crippen MR) is 38.2 cm³/mol. The molecule has 66 valence electrons. The molecule has 1 atom stereocenters. The first-order valence-electron chi connectivity index (χ1n) is 3.57. The number of rotatable bonds is 1. The lowest BCUT2D eigenvalue weighted by Gasteiger charge is -2.05. The van der Waals surface area contributed by atoms with Gasteiger partial charge in [-0.25, -0.2) is 4.79 Å². The van der Waals surface area contributed by atoms with Crippen LogP contribution in [0.1, 0.15) is 13.3 Å². The molecule has 0 spiro atoms. The van der Waals surface area contributed by atoms with Gasteiger partial charge in [0, 0.05) is 13.3 Å². The number of ketones is 1. The first-order valence-corrected chi connectivity index (χ1v) is 3.57. The SMILES string of the molecule is CC(=O)OC(=O)[C@@H]1CC(=O)CN1. The number of carbonyl (C=O) groups is 3. The van der Waals surface area contributed by atoms with Gasteiger partial charge in [0.2, 0.25) is 0 Å². The number of esters is 2. The second kappa shape index (κ2) is 3.44. The Kier molecular flexibility index (Phi) is 2.54. The van der Waals surface area contributed by atoms with Crippen LogP contribution in [0, 0.1) is 0 Å². The van der Waals surface area contributed by atoms with Gasteiger partial charge in [-0.15, -0.1) is 0 Å². The summed E-state index contributed by atoms with van der Waals surface area (Å²) in [6.07, 6.45) is 0.117. The molecule has 1 fully saturated rings. The molecule has 1 aliphatic heterocycles. The van der Waals surface area contributed by atoms with Crippen LogP contribution in [-0.4, -0.2) is 30.3 Å². The van der Waals surface area contributed by atoms with Crippen molar-refractivity contribution in [1.29, 1.82) is 0 Å². The Morgan fingerprint density at radius 1 is 1.58 bits per heavy atom. The topological polar surface area (TPSA) is 72.5 Å². The summed E-state index contributed by atoms with van der Waals surface area (Å²) in [6.45, 7) is 1.33. The van der Waals surface area contributed by atoms with E-state index in [4.69, 9.17) is 0 Å². The normalized spacial score (nSPS) is 22.4. The minimum Gasteiger partial charge on any atom is -0.392 e. The molecule has 5 nitrogen and oxygen atoms in total. The molecule has 0 aromatic carbocycles. The van der Waals surface area contributed by atoms with Crippen molar-refractivity contribution in [2.45, 2.75) is 19.4 Å². The van der Waals surface area contributed by atoms with Crippen LogP contribution in [0.3, 0.4) is 0 Å². The maximum atomic E-state index is 10.9. The first-order chi connectivity index (χ1) is 5.59. The Balaban J connectivity index is 2.43. The van der Waals surface area contributed by atoms with Gasteiger partial charge in [-0.2, -0.15) is 0 Å². The second-order valence-corrected chi connectivity index (χ2v) is 2.59. The van der Waals surface area contributed by atoms with Crippen LogP contribution in [0.5, 0.6) is 0 Å². The number of nitrogens with one attached hydrogen (secondary N) is 1. The summed E-state index contributed by atoms with van der Waals surface area (Å²) in [6, 6.07) is -0.638. The third-order valence-electron chi connectivity index (χ3n) is 1.51. The van der Waals surface area contributed by atoms with Crippen LogP contribution in [0.25, 0.3) is 0 Å². The Bertz CT molecular complexity index is 236. The van der Waals surface area contributed by atoms with Crippen LogP contribution in [0.15, 0.2) is 0 Å². The van der Waals surface area contributed by atoms with Crippen molar-refractivity contribution in [2.24, 2.45) is 0 Å². The number of ether oxygens (including phenoxy) is 1. The van der Waals surface area contributed by atoms with Crippen molar-refractivity contribution in [2.75, 3.05) is 6.54 Å². The molecule has 0 aliphatic carbocycles. The van der Waals surface area contributed by atoms with Crippen molar-refractivity contribution >= 4 is 17.7 Å². The van der Waals surface area contributed by atoms with E-state index in [0.717, 1.165) is 6.92 Å². The third kappa shape index (κ3) is 2.13. The Labute approximate surface area is 69.1 Å². The minimum absolute atomic E-state index is 0.0412. The van der Waals surface area contributed by atoms with Gasteiger partial charge in [0.1, 0.15) is 11.8 Å². The third-order valence-corrected chi connectivity index (χ3v) is 1.51. The molecule has 0 aromatic heterocycles. The molecule has 1 heterocycles. The monoisotopic (exact) mass is 171 g/mol. The number of hydrogen-bond donors (Lipinski definition) is 1. The summed E-state index contributed by atoms with van der Waals surface area (Å²) >= 11 is 0. The predicted octanol–water partition coefficient (Wildman–Crippen LogP) is -0.993. The fourth-order valence-electron chi connectivity index (χ4n) is 0.988. The molecule has 0 radical (unpaired) electrons. The van der Waals surface area contributed by atoms with Gasteiger partial charge in [-0.1, -0.05) is 0 Å². The van der Waals surface area contributed by atoms with Gasteiger partial charge < -0.3 is 4.74 Å². The summed E-state index contributed by atoms with van der Waals surface area (Å²) in [7, 11) is 0. The number of carbonyl (C=O) groups excluding carboxylic acids is 3. The molecule has 1 aliphatic rings. The molecule has 0 unspecified atom stereocenters. The zero-order chi connectivity index (χ0) is 9.14. The Hall–Kier alpha value is -1.23. The Morgan fingerprint density at radius 2 is 2.25 bits per heavy atom. The molecule has 5 heteroatoms. The zero-order valence-electron chi connectivity index (χ0n) is 6.62. The molecule has 1 N–H and O–H groups in total. The summed E-state index contributed by atoms with van der Waals surface area (Å²) in [5, 5.41) is 2.64. The van der Waals surface area contributed by atoms with E-state index in [1.54, 1.807) is 0 Å². The van der Waals surface area contributed by atoms with Gasteiger partial charge in [0.25, 0.3) is 0 Å². The average Bonchev–Trinajstić information content (AvgIpc) is 2.34.